The molecule has 0 aromatic rings. The van der Waals surface area contributed by atoms with Gasteiger partial charge in [-0.3, -0.25) is 9.80 Å². The molecule has 61 heavy (non-hydrogen) atoms. The van der Waals surface area contributed by atoms with Crippen LogP contribution in [0.15, 0.2) is 0 Å². The molecular weight excluding hydrogens is 745 g/mol. The predicted molar refractivity (Wildman–Crippen MR) is 275 cm³/mol. The van der Waals surface area contributed by atoms with Gasteiger partial charge in [0.1, 0.15) is 0 Å². The lowest BCUT2D eigenvalue weighted by molar-refractivity contribution is 0.0617. The average Bonchev–Trinajstić information content (AvgIpc) is 3.22. The highest BCUT2D eigenvalue weighted by atomic mass is 15.3. The van der Waals surface area contributed by atoms with Crippen molar-refractivity contribution in [3.05, 3.63) is 0 Å². The first-order valence-corrected chi connectivity index (χ1v) is 26.8. The minimum atomic E-state index is 0.603. The summed E-state index contributed by atoms with van der Waals surface area (Å²) in [7, 11) is 0. The minimum absolute atomic E-state index is 0.603. The Morgan fingerprint density at radius 1 is 0.279 bits per heavy atom. The van der Waals surface area contributed by atoms with E-state index >= 15 is 0 Å². The molecule has 0 bridgehead atoms. The largest absolute Gasteiger partial charge is 0.301 e. The normalized spacial score (nSPS) is 22.9. The second kappa shape index (κ2) is 30.1. The third kappa shape index (κ3) is 22.7. The summed E-state index contributed by atoms with van der Waals surface area (Å²) in [6, 6.07) is 4.42. The van der Waals surface area contributed by atoms with Crippen molar-refractivity contribution in [3.8, 4) is 0 Å². The third-order valence-electron chi connectivity index (χ3n) is 16.6. The van der Waals surface area contributed by atoms with E-state index < -0.39 is 0 Å². The van der Waals surface area contributed by atoms with E-state index in [1.54, 1.807) is 0 Å². The number of piperidine rings is 4. The summed E-state index contributed by atoms with van der Waals surface area (Å²) in [4.78, 5) is 15.5. The van der Waals surface area contributed by atoms with Crippen molar-refractivity contribution in [1.82, 2.24) is 29.4 Å². The lowest BCUT2D eigenvalue weighted by Gasteiger charge is -2.43. The molecule has 366 valence electrons. The molecule has 6 nitrogen and oxygen atoms in total. The first-order valence-electron chi connectivity index (χ1n) is 26.8. The number of hydrogen-bond donors (Lipinski definition) is 0. The summed E-state index contributed by atoms with van der Waals surface area (Å²) in [5.41, 5.74) is 0.603. The van der Waals surface area contributed by atoms with Gasteiger partial charge in [-0.25, -0.2) is 0 Å². The Balaban J connectivity index is 0.000000381. The van der Waals surface area contributed by atoms with Crippen LogP contribution in [0.1, 0.15) is 197 Å². The van der Waals surface area contributed by atoms with E-state index in [-0.39, 0.29) is 0 Å². The molecule has 5 rings (SSSR count). The van der Waals surface area contributed by atoms with Gasteiger partial charge in [0.2, 0.25) is 0 Å². The summed E-state index contributed by atoms with van der Waals surface area (Å²) < 4.78 is 0. The molecule has 5 fully saturated rings. The van der Waals surface area contributed by atoms with Crippen LogP contribution < -0.4 is 0 Å². The Morgan fingerprint density at radius 2 is 0.459 bits per heavy atom. The summed E-state index contributed by atoms with van der Waals surface area (Å²) in [6.45, 7) is 64.4. The van der Waals surface area contributed by atoms with Gasteiger partial charge in [0.05, 0.1) is 0 Å². The van der Waals surface area contributed by atoms with Crippen LogP contribution in [0.5, 0.6) is 0 Å². The van der Waals surface area contributed by atoms with Crippen molar-refractivity contribution in [2.75, 3.05) is 78.5 Å². The second-order valence-electron chi connectivity index (χ2n) is 23.8. The van der Waals surface area contributed by atoms with E-state index in [1.165, 1.54) is 130 Å². The van der Waals surface area contributed by atoms with Gasteiger partial charge in [0.25, 0.3) is 0 Å². The topological polar surface area (TPSA) is 19.4 Å². The first kappa shape index (κ1) is 58.8. The summed E-state index contributed by atoms with van der Waals surface area (Å²) in [5, 5.41) is 0. The smallest absolute Gasteiger partial charge is 0.0113 e. The van der Waals surface area contributed by atoms with Gasteiger partial charge in [-0.2, -0.15) is 0 Å². The summed E-state index contributed by atoms with van der Waals surface area (Å²) >= 11 is 0. The molecule has 5 aliphatic heterocycles. The Labute approximate surface area is 386 Å². The number of rotatable bonds is 10. The van der Waals surface area contributed by atoms with Crippen LogP contribution in [0.2, 0.25) is 0 Å². The van der Waals surface area contributed by atoms with Gasteiger partial charge < -0.3 is 19.6 Å². The SMILES string of the molecule is CC(C)C1CCN(C(C)C)CC1.CC(C)C1CCN(C(C)C)CC1.CC(C)C1CCN(C(C)C)CC1.CC(C)N1CCC(C)(C(C)C)CC1.CC(C)N1CCN(C(C)C)CC1. The van der Waals surface area contributed by atoms with Gasteiger partial charge in [-0.15, -0.1) is 0 Å². The van der Waals surface area contributed by atoms with Crippen molar-refractivity contribution < 1.29 is 0 Å². The average molecular weight is 862 g/mol. The summed E-state index contributed by atoms with van der Waals surface area (Å²) in [6.07, 6.45) is 11.2. The van der Waals surface area contributed by atoms with Crippen molar-refractivity contribution >= 4 is 0 Å². The molecule has 0 radical (unpaired) electrons. The molecule has 0 aliphatic carbocycles. The molecule has 6 heteroatoms. The standard InChI is InChI=1S/C12H25N.3C11H23N.C10H22N2/c1-10(2)12(5)6-8-13(9-7-12)11(3)4;4*1-9(2)11-5-7-12(8-6-11)10(3)4/h10-11H,6-9H2,1-5H3;3*9-11H,5-8H2,1-4H3;9-10H,5-8H2,1-4H3. The molecule has 0 amide bonds. The van der Waals surface area contributed by atoms with Crippen LogP contribution >= 0.6 is 0 Å². The molecule has 0 spiro atoms. The Morgan fingerprint density at radius 3 is 0.623 bits per heavy atom. The van der Waals surface area contributed by atoms with Crippen molar-refractivity contribution in [2.24, 2.45) is 46.8 Å². The minimum Gasteiger partial charge on any atom is -0.301 e. The molecule has 0 atom stereocenters. The number of nitrogens with zero attached hydrogens (tertiary/aromatic N) is 6. The van der Waals surface area contributed by atoms with Gasteiger partial charge in [-0.05, 0) is 234 Å². The van der Waals surface area contributed by atoms with Crippen LogP contribution in [0.4, 0.5) is 0 Å². The zero-order valence-corrected chi connectivity index (χ0v) is 45.8. The molecule has 0 unspecified atom stereocenters. The highest BCUT2D eigenvalue weighted by molar-refractivity contribution is 4.86. The summed E-state index contributed by atoms with van der Waals surface area (Å²) in [5.74, 6) is 6.46. The van der Waals surface area contributed by atoms with Gasteiger partial charge in [-0.1, -0.05) is 62.3 Å². The third-order valence-corrected chi connectivity index (χ3v) is 16.6. The van der Waals surface area contributed by atoms with Crippen LogP contribution in [0.3, 0.4) is 0 Å². The lowest BCUT2D eigenvalue weighted by Crippen LogP contribution is -2.50. The Kier molecular flexibility index (Phi) is 29.0. The van der Waals surface area contributed by atoms with E-state index in [2.05, 4.69) is 175 Å². The van der Waals surface area contributed by atoms with E-state index in [0.717, 1.165) is 77.7 Å². The van der Waals surface area contributed by atoms with Crippen molar-refractivity contribution in [1.29, 1.82) is 0 Å². The predicted octanol–water partition coefficient (Wildman–Crippen LogP) is 12.9. The highest BCUT2D eigenvalue weighted by Crippen LogP contribution is 2.38. The zero-order chi connectivity index (χ0) is 46.6. The van der Waals surface area contributed by atoms with Crippen LogP contribution in [0.25, 0.3) is 0 Å². The molecule has 0 aromatic heterocycles. The fourth-order valence-corrected chi connectivity index (χ4v) is 10.2. The van der Waals surface area contributed by atoms with Gasteiger partial charge >= 0.3 is 0 Å². The molecule has 5 heterocycles. The van der Waals surface area contributed by atoms with E-state index in [9.17, 15) is 0 Å². The molecule has 0 aromatic carbocycles. The number of likely N-dealkylation sites (tertiary alicyclic amines) is 4. The molecule has 5 aliphatic rings. The van der Waals surface area contributed by atoms with E-state index in [1.807, 2.05) is 0 Å². The molecular formula is C55H116N6. The van der Waals surface area contributed by atoms with E-state index in [0.29, 0.717) is 5.41 Å². The van der Waals surface area contributed by atoms with Crippen molar-refractivity contribution in [2.45, 2.75) is 233 Å². The van der Waals surface area contributed by atoms with Crippen molar-refractivity contribution in [3.63, 3.8) is 0 Å². The first-order chi connectivity index (χ1) is 28.4. The highest BCUT2D eigenvalue weighted by Gasteiger charge is 2.33. The fourth-order valence-electron chi connectivity index (χ4n) is 10.2. The van der Waals surface area contributed by atoms with Crippen LogP contribution in [0, 0.1) is 46.8 Å². The number of hydrogen-bond acceptors (Lipinski definition) is 6. The Hall–Kier alpha value is -0.240. The fraction of sp³-hybridized carbons (Fsp3) is 1.00. The Bertz CT molecular complexity index is 833. The van der Waals surface area contributed by atoms with Gasteiger partial charge in [0, 0.05) is 62.4 Å². The van der Waals surface area contributed by atoms with E-state index in [4.69, 9.17) is 0 Å². The monoisotopic (exact) mass is 861 g/mol. The quantitative estimate of drug-likeness (QED) is 0.216. The maximum Gasteiger partial charge on any atom is 0.0113 e. The second-order valence-corrected chi connectivity index (χ2v) is 23.8. The number of piperazine rings is 1. The van der Waals surface area contributed by atoms with Crippen LogP contribution in [-0.2, 0) is 0 Å². The van der Waals surface area contributed by atoms with Crippen LogP contribution in [-0.4, -0.2) is 144 Å². The maximum atomic E-state index is 2.60. The molecule has 0 saturated carbocycles. The molecule has 5 saturated heterocycles. The maximum absolute atomic E-state index is 2.60. The zero-order valence-electron chi connectivity index (χ0n) is 45.8. The lowest BCUT2D eigenvalue weighted by atomic mass is 9.72. The molecule has 0 N–H and O–H groups in total. The van der Waals surface area contributed by atoms with Gasteiger partial charge in [0.15, 0.2) is 0 Å².